The van der Waals surface area contributed by atoms with Crippen molar-refractivity contribution in [3.63, 3.8) is 0 Å². The van der Waals surface area contributed by atoms with Crippen LogP contribution in [0.5, 0.6) is 0 Å². The normalized spacial score (nSPS) is 36.3. The molecule has 6 rings (SSSR count). The maximum atomic E-state index is 12.6. The Kier molecular flexibility index (Phi) is 8.65. The maximum absolute atomic E-state index is 12.6. The van der Waals surface area contributed by atoms with Crippen LogP contribution >= 0.6 is 0 Å². The molecule has 0 bridgehead atoms. The molecule has 7 unspecified atom stereocenters. The highest BCUT2D eigenvalue weighted by Gasteiger charge is 2.64. The Hall–Kier alpha value is -3.14. The van der Waals surface area contributed by atoms with Crippen molar-refractivity contribution in [3.05, 3.63) is 89.5 Å². The third kappa shape index (κ3) is 5.59. The first-order valence-electron chi connectivity index (χ1n) is 16.9. The van der Waals surface area contributed by atoms with Gasteiger partial charge >= 0.3 is 11.9 Å². The summed E-state index contributed by atoms with van der Waals surface area (Å²) in [6.45, 7) is 10.4. The van der Waals surface area contributed by atoms with E-state index in [1.54, 1.807) is 6.92 Å². The quantitative estimate of drug-likeness (QED) is 0.247. The predicted molar refractivity (Wildman–Crippen MR) is 175 cm³/mol. The van der Waals surface area contributed by atoms with Crippen LogP contribution < -0.4 is 0 Å². The fourth-order valence-corrected chi connectivity index (χ4v) is 10.5. The molecular formula is C40H50O4. The average molecular weight is 595 g/mol. The van der Waals surface area contributed by atoms with Gasteiger partial charge in [0.2, 0.25) is 0 Å². The summed E-state index contributed by atoms with van der Waals surface area (Å²) in [5, 5.41) is 0. The minimum atomic E-state index is -0.162. The van der Waals surface area contributed by atoms with Gasteiger partial charge in [0, 0.05) is 19.3 Å². The molecule has 0 heterocycles. The minimum Gasteiger partial charge on any atom is -0.463 e. The lowest BCUT2D eigenvalue weighted by atomic mass is 9.44. The van der Waals surface area contributed by atoms with Crippen LogP contribution in [0.1, 0.15) is 97.1 Å². The van der Waals surface area contributed by atoms with Crippen molar-refractivity contribution in [1.29, 1.82) is 0 Å². The number of rotatable bonds is 6. The Morgan fingerprint density at radius 3 is 1.98 bits per heavy atom. The first kappa shape index (κ1) is 30.9. The van der Waals surface area contributed by atoms with E-state index < -0.39 is 0 Å². The van der Waals surface area contributed by atoms with Crippen molar-refractivity contribution in [3.8, 4) is 0 Å². The van der Waals surface area contributed by atoms with Crippen LogP contribution in [0, 0.1) is 40.4 Å². The van der Waals surface area contributed by atoms with Gasteiger partial charge in [-0.05, 0) is 110 Å². The number of hydrogen-bond donors (Lipinski definition) is 0. The van der Waals surface area contributed by atoms with E-state index in [9.17, 15) is 9.59 Å². The molecule has 4 fully saturated rings. The van der Waals surface area contributed by atoms with Gasteiger partial charge in [0.05, 0.1) is 0 Å². The summed E-state index contributed by atoms with van der Waals surface area (Å²) in [6.07, 6.45) is 13.3. The standard InChI is InChI=1S/C40H50O4/c1-26(16-18-33(29-12-8-6-9-13-29)30-14-10-7-11-15-30)35-20-21-36-34-19-17-31-24-32(43-27(2)41)22-23-39(31,4)37(34)25-38(40(35,36)5)44-28(3)42/h6-16,18,31-32,34-38H,17,19-25H2,1-5H3/b26-16-/t31?,32-,34?,35?,36?,37?,38+,39?,40?/m1/s1. The number of carbonyl (C=O) groups is 2. The van der Waals surface area contributed by atoms with Gasteiger partial charge in [-0.2, -0.15) is 0 Å². The molecular weight excluding hydrogens is 544 g/mol. The van der Waals surface area contributed by atoms with E-state index >= 15 is 0 Å². The molecule has 0 amide bonds. The van der Waals surface area contributed by atoms with Crippen molar-refractivity contribution in [2.24, 2.45) is 40.4 Å². The van der Waals surface area contributed by atoms with Gasteiger partial charge in [0.1, 0.15) is 12.2 Å². The number of hydrogen-bond acceptors (Lipinski definition) is 4. The third-order valence-electron chi connectivity index (χ3n) is 12.6. The van der Waals surface area contributed by atoms with Gasteiger partial charge in [-0.15, -0.1) is 0 Å². The van der Waals surface area contributed by atoms with Crippen LogP contribution in [0.4, 0.5) is 0 Å². The van der Waals surface area contributed by atoms with Gasteiger partial charge in [-0.25, -0.2) is 0 Å². The zero-order valence-corrected chi connectivity index (χ0v) is 27.3. The summed E-state index contributed by atoms with van der Waals surface area (Å²) in [7, 11) is 0. The highest BCUT2D eigenvalue weighted by molar-refractivity contribution is 5.80. The van der Waals surface area contributed by atoms with E-state index in [1.807, 2.05) is 0 Å². The van der Waals surface area contributed by atoms with Gasteiger partial charge in [-0.1, -0.05) is 92.2 Å². The molecule has 4 aliphatic rings. The molecule has 4 aliphatic carbocycles. The second-order valence-corrected chi connectivity index (χ2v) is 14.7. The fraction of sp³-hybridized carbons (Fsp3) is 0.550. The van der Waals surface area contributed by atoms with Crippen molar-refractivity contribution >= 4 is 17.5 Å². The summed E-state index contributed by atoms with van der Waals surface area (Å²) in [4.78, 5) is 24.3. The number of allylic oxidation sites excluding steroid dienone is 3. The van der Waals surface area contributed by atoms with Gasteiger partial charge < -0.3 is 9.47 Å². The fourth-order valence-electron chi connectivity index (χ4n) is 10.5. The highest BCUT2D eigenvalue weighted by atomic mass is 16.5. The lowest BCUT2D eigenvalue weighted by Gasteiger charge is -2.62. The van der Waals surface area contributed by atoms with Crippen molar-refractivity contribution < 1.29 is 19.1 Å². The van der Waals surface area contributed by atoms with Crippen molar-refractivity contribution in [1.82, 2.24) is 0 Å². The molecule has 234 valence electrons. The predicted octanol–water partition coefficient (Wildman–Crippen LogP) is 9.20. The largest absolute Gasteiger partial charge is 0.463 e. The van der Waals surface area contributed by atoms with E-state index in [2.05, 4.69) is 93.6 Å². The summed E-state index contributed by atoms with van der Waals surface area (Å²) in [6, 6.07) is 21.3. The summed E-state index contributed by atoms with van der Waals surface area (Å²) < 4.78 is 12.0. The molecule has 4 saturated carbocycles. The smallest absolute Gasteiger partial charge is 0.302 e. The molecule has 0 spiro atoms. The van der Waals surface area contributed by atoms with Crippen LogP contribution in [0.2, 0.25) is 0 Å². The van der Waals surface area contributed by atoms with Crippen molar-refractivity contribution in [2.75, 3.05) is 0 Å². The summed E-state index contributed by atoms with van der Waals surface area (Å²) >= 11 is 0. The van der Waals surface area contributed by atoms with Crippen LogP contribution in [0.25, 0.3) is 5.57 Å². The third-order valence-corrected chi connectivity index (χ3v) is 12.6. The van der Waals surface area contributed by atoms with Gasteiger partial charge in [0.25, 0.3) is 0 Å². The number of carbonyl (C=O) groups excluding carboxylic acids is 2. The lowest BCUT2D eigenvalue weighted by molar-refractivity contribution is -0.193. The Morgan fingerprint density at radius 1 is 0.727 bits per heavy atom. The number of fused-ring (bicyclic) bond motifs is 5. The Balaban J connectivity index is 1.31. The molecule has 9 atom stereocenters. The van der Waals surface area contributed by atoms with Crippen LogP contribution in [0.3, 0.4) is 0 Å². The monoisotopic (exact) mass is 594 g/mol. The minimum absolute atomic E-state index is 0.0496. The molecule has 4 nitrogen and oxygen atoms in total. The summed E-state index contributed by atoms with van der Waals surface area (Å²) in [5.41, 5.74) is 5.15. The number of benzene rings is 2. The Labute approximate surface area is 264 Å². The van der Waals surface area contributed by atoms with Gasteiger partial charge in [0.15, 0.2) is 0 Å². The second-order valence-electron chi connectivity index (χ2n) is 14.7. The number of ether oxygens (including phenoxy) is 2. The molecule has 0 aliphatic heterocycles. The summed E-state index contributed by atoms with van der Waals surface area (Å²) in [5.74, 6) is 2.32. The molecule has 0 saturated heterocycles. The average Bonchev–Trinajstić information content (AvgIpc) is 3.37. The molecule has 0 aromatic heterocycles. The van der Waals surface area contributed by atoms with E-state index in [4.69, 9.17) is 9.47 Å². The van der Waals surface area contributed by atoms with Gasteiger partial charge in [-0.3, -0.25) is 9.59 Å². The second kappa shape index (κ2) is 12.3. The molecule has 4 heteroatoms. The zero-order valence-electron chi connectivity index (χ0n) is 27.3. The maximum Gasteiger partial charge on any atom is 0.302 e. The van der Waals surface area contributed by atoms with Crippen LogP contribution in [-0.4, -0.2) is 24.1 Å². The topological polar surface area (TPSA) is 52.6 Å². The van der Waals surface area contributed by atoms with E-state index in [1.165, 1.54) is 48.5 Å². The SMILES string of the molecule is CC(=O)O[C@@H]1CCC2(C)C(CCC3C2C[C@H](OC(C)=O)C2(C)C(/C(C)=C\C=C(c4ccccc4)c4ccccc4)CCC32)C1. The van der Waals surface area contributed by atoms with E-state index in [0.29, 0.717) is 29.6 Å². The lowest BCUT2D eigenvalue weighted by Crippen LogP contribution is -2.59. The molecule has 44 heavy (non-hydrogen) atoms. The van der Waals surface area contributed by atoms with E-state index in [0.717, 1.165) is 32.1 Å². The highest BCUT2D eigenvalue weighted by Crippen LogP contribution is 2.68. The number of esters is 2. The van der Waals surface area contributed by atoms with Crippen LogP contribution in [0.15, 0.2) is 78.4 Å². The Bertz CT molecular complexity index is 1370. The van der Waals surface area contributed by atoms with Crippen LogP contribution in [-0.2, 0) is 19.1 Å². The molecule has 2 aromatic rings. The first-order chi connectivity index (χ1) is 21.1. The zero-order chi connectivity index (χ0) is 31.1. The molecule has 0 N–H and O–H groups in total. The van der Waals surface area contributed by atoms with E-state index in [-0.39, 0.29) is 35.0 Å². The molecule has 2 aromatic carbocycles. The molecule has 0 radical (unpaired) electrons. The van der Waals surface area contributed by atoms with Crippen molar-refractivity contribution in [2.45, 2.75) is 98.2 Å². The Morgan fingerprint density at radius 2 is 1.36 bits per heavy atom. The first-order valence-corrected chi connectivity index (χ1v) is 16.9.